The minimum absolute atomic E-state index is 0.142. The Bertz CT molecular complexity index is 651. The fourth-order valence-corrected chi connectivity index (χ4v) is 3.42. The number of nitrogens with zero attached hydrogens (tertiary/aromatic N) is 2. The molecule has 1 amide bonds. The molecule has 5 heteroatoms. The van der Waals surface area contributed by atoms with Gasteiger partial charge in [0.2, 0.25) is 0 Å². The quantitative estimate of drug-likeness (QED) is 0.885. The van der Waals surface area contributed by atoms with E-state index in [1.807, 2.05) is 30.3 Å². The van der Waals surface area contributed by atoms with Crippen LogP contribution in [0.15, 0.2) is 42.7 Å². The van der Waals surface area contributed by atoms with Gasteiger partial charge in [-0.15, -0.1) is 0 Å². The van der Waals surface area contributed by atoms with Gasteiger partial charge < -0.3 is 10.6 Å². The van der Waals surface area contributed by atoms with Gasteiger partial charge in [0.15, 0.2) is 0 Å². The van der Waals surface area contributed by atoms with Crippen molar-refractivity contribution in [3.05, 3.63) is 42.7 Å². The molecule has 2 aliphatic rings. The Morgan fingerprint density at radius 1 is 1.24 bits per heavy atom. The zero-order chi connectivity index (χ0) is 14.2. The van der Waals surface area contributed by atoms with Gasteiger partial charge >= 0.3 is 6.03 Å². The molecule has 5 nitrogen and oxygen atoms in total. The molecule has 3 atom stereocenters. The predicted octanol–water partition coefficient (Wildman–Crippen LogP) is 2.00. The van der Waals surface area contributed by atoms with Crippen LogP contribution in [0, 0.1) is 0 Å². The molecule has 108 valence electrons. The molecule has 0 saturated carbocycles. The van der Waals surface area contributed by atoms with E-state index < -0.39 is 0 Å². The summed E-state index contributed by atoms with van der Waals surface area (Å²) in [6.45, 7) is 0. The van der Waals surface area contributed by atoms with E-state index in [0.717, 1.165) is 24.0 Å². The Hall–Kier alpha value is -2.14. The SMILES string of the molecule is O=C(N[C@@H]1C[C@H]2CC[C@@H]1N2)n1cc(-c2ccccc2)cn1. The number of hydrogen-bond acceptors (Lipinski definition) is 3. The second kappa shape index (κ2) is 5.00. The summed E-state index contributed by atoms with van der Waals surface area (Å²) >= 11 is 0. The van der Waals surface area contributed by atoms with E-state index in [0.29, 0.717) is 12.1 Å². The summed E-state index contributed by atoms with van der Waals surface area (Å²) in [4.78, 5) is 12.3. The maximum absolute atomic E-state index is 12.3. The van der Waals surface area contributed by atoms with Crippen molar-refractivity contribution in [2.24, 2.45) is 0 Å². The molecule has 2 fully saturated rings. The highest BCUT2D eigenvalue weighted by Crippen LogP contribution is 2.28. The second-order valence-corrected chi connectivity index (χ2v) is 5.88. The van der Waals surface area contributed by atoms with E-state index >= 15 is 0 Å². The van der Waals surface area contributed by atoms with Crippen LogP contribution in [-0.4, -0.2) is 33.9 Å². The van der Waals surface area contributed by atoms with Gasteiger partial charge in [0, 0.05) is 29.9 Å². The summed E-state index contributed by atoms with van der Waals surface area (Å²) in [6.07, 6.45) is 6.93. The van der Waals surface area contributed by atoms with Crippen LogP contribution in [0.4, 0.5) is 4.79 Å². The predicted molar refractivity (Wildman–Crippen MR) is 79.9 cm³/mol. The summed E-state index contributed by atoms with van der Waals surface area (Å²) in [6, 6.07) is 11.1. The van der Waals surface area contributed by atoms with E-state index in [1.165, 1.54) is 11.1 Å². The molecule has 0 spiro atoms. The first kappa shape index (κ1) is 12.6. The van der Waals surface area contributed by atoms with Crippen LogP contribution < -0.4 is 10.6 Å². The molecule has 2 N–H and O–H groups in total. The van der Waals surface area contributed by atoms with Crippen LogP contribution >= 0.6 is 0 Å². The molecule has 3 heterocycles. The number of aromatic nitrogens is 2. The van der Waals surface area contributed by atoms with Crippen molar-refractivity contribution in [1.29, 1.82) is 0 Å². The normalized spacial score (nSPS) is 27.0. The topological polar surface area (TPSA) is 59.0 Å². The summed E-state index contributed by atoms with van der Waals surface area (Å²) in [5, 5.41) is 10.8. The highest BCUT2D eigenvalue weighted by Gasteiger charge is 2.39. The number of carbonyl (C=O) groups excluding carboxylic acids is 1. The summed E-state index contributed by atoms with van der Waals surface area (Å²) in [5.74, 6) is 0. The Morgan fingerprint density at radius 2 is 2.10 bits per heavy atom. The van der Waals surface area contributed by atoms with Gasteiger partial charge in [-0.3, -0.25) is 0 Å². The minimum atomic E-state index is -0.142. The van der Waals surface area contributed by atoms with Gasteiger partial charge in [-0.2, -0.15) is 9.78 Å². The van der Waals surface area contributed by atoms with Crippen LogP contribution in [0.3, 0.4) is 0 Å². The first-order valence-corrected chi connectivity index (χ1v) is 7.46. The molecular formula is C16H18N4O. The Morgan fingerprint density at radius 3 is 2.81 bits per heavy atom. The molecule has 2 bridgehead atoms. The van der Waals surface area contributed by atoms with E-state index in [9.17, 15) is 4.79 Å². The molecule has 0 radical (unpaired) electrons. The lowest BCUT2D eigenvalue weighted by molar-refractivity contribution is 0.233. The third-order valence-electron chi connectivity index (χ3n) is 4.51. The first-order chi connectivity index (χ1) is 10.3. The number of fused-ring (bicyclic) bond motifs is 2. The second-order valence-electron chi connectivity index (χ2n) is 5.88. The molecule has 0 aliphatic carbocycles. The molecule has 0 unspecified atom stereocenters. The van der Waals surface area contributed by atoms with Crippen molar-refractivity contribution in [3.8, 4) is 11.1 Å². The number of benzene rings is 1. The highest BCUT2D eigenvalue weighted by molar-refractivity contribution is 5.78. The van der Waals surface area contributed by atoms with Crippen LogP contribution in [0.2, 0.25) is 0 Å². The summed E-state index contributed by atoms with van der Waals surface area (Å²) in [7, 11) is 0. The fourth-order valence-electron chi connectivity index (χ4n) is 3.42. The fraction of sp³-hybridized carbons (Fsp3) is 0.375. The maximum atomic E-state index is 12.3. The molecule has 2 aromatic rings. The molecular weight excluding hydrogens is 264 g/mol. The van der Waals surface area contributed by atoms with Gasteiger partial charge in [0.25, 0.3) is 0 Å². The monoisotopic (exact) mass is 282 g/mol. The molecule has 21 heavy (non-hydrogen) atoms. The van der Waals surface area contributed by atoms with Crippen LogP contribution in [0.25, 0.3) is 11.1 Å². The summed E-state index contributed by atoms with van der Waals surface area (Å²) in [5.41, 5.74) is 2.02. The molecule has 1 aromatic carbocycles. The Kier molecular flexibility index (Phi) is 3.00. The molecule has 1 aromatic heterocycles. The average molecular weight is 282 g/mol. The third-order valence-corrected chi connectivity index (χ3v) is 4.51. The van der Waals surface area contributed by atoms with Crippen molar-refractivity contribution in [3.63, 3.8) is 0 Å². The lowest BCUT2D eigenvalue weighted by atomic mass is 9.96. The van der Waals surface area contributed by atoms with Crippen LogP contribution in [0.1, 0.15) is 19.3 Å². The van der Waals surface area contributed by atoms with Crippen LogP contribution in [-0.2, 0) is 0 Å². The van der Waals surface area contributed by atoms with Gasteiger partial charge in [0.05, 0.1) is 6.20 Å². The van der Waals surface area contributed by atoms with Crippen molar-refractivity contribution in [1.82, 2.24) is 20.4 Å². The Labute approximate surface area is 123 Å². The highest BCUT2D eigenvalue weighted by atomic mass is 16.2. The zero-order valence-corrected chi connectivity index (χ0v) is 11.7. The average Bonchev–Trinajstić information content (AvgIpc) is 3.24. The number of carbonyl (C=O) groups is 1. The summed E-state index contributed by atoms with van der Waals surface area (Å²) < 4.78 is 1.40. The third kappa shape index (κ3) is 2.34. The van der Waals surface area contributed by atoms with E-state index in [4.69, 9.17) is 0 Å². The van der Waals surface area contributed by atoms with Gasteiger partial charge in [-0.1, -0.05) is 30.3 Å². The zero-order valence-electron chi connectivity index (χ0n) is 11.7. The van der Waals surface area contributed by atoms with Crippen molar-refractivity contribution < 1.29 is 4.79 Å². The number of hydrogen-bond donors (Lipinski definition) is 2. The van der Waals surface area contributed by atoms with Crippen molar-refractivity contribution >= 4 is 6.03 Å². The Balaban J connectivity index is 1.47. The van der Waals surface area contributed by atoms with Gasteiger partial charge in [-0.05, 0) is 24.8 Å². The lowest BCUT2D eigenvalue weighted by Crippen LogP contribution is -2.44. The smallest absolute Gasteiger partial charge is 0.332 e. The van der Waals surface area contributed by atoms with Gasteiger partial charge in [0.1, 0.15) is 0 Å². The van der Waals surface area contributed by atoms with E-state index in [-0.39, 0.29) is 12.1 Å². The largest absolute Gasteiger partial charge is 0.342 e. The molecule has 2 saturated heterocycles. The van der Waals surface area contributed by atoms with Crippen molar-refractivity contribution in [2.75, 3.05) is 0 Å². The van der Waals surface area contributed by atoms with E-state index in [2.05, 4.69) is 15.7 Å². The number of amides is 1. The first-order valence-electron chi connectivity index (χ1n) is 7.46. The maximum Gasteiger partial charge on any atom is 0.342 e. The minimum Gasteiger partial charge on any atom is -0.332 e. The standard InChI is InChI=1S/C16H18N4O/c21-16(19-15-8-13-6-7-14(15)18-13)20-10-12(9-17-20)11-4-2-1-3-5-11/h1-5,9-10,13-15,18H,6-8H2,(H,19,21)/t13-,14+,15-/m1/s1. The molecule has 2 aliphatic heterocycles. The van der Waals surface area contributed by atoms with E-state index in [1.54, 1.807) is 12.4 Å². The van der Waals surface area contributed by atoms with Crippen molar-refractivity contribution in [2.45, 2.75) is 37.4 Å². The van der Waals surface area contributed by atoms with Crippen LogP contribution in [0.5, 0.6) is 0 Å². The number of nitrogens with one attached hydrogen (secondary N) is 2. The number of rotatable bonds is 2. The lowest BCUT2D eigenvalue weighted by Gasteiger charge is -2.21. The molecule has 4 rings (SSSR count). The van der Waals surface area contributed by atoms with Gasteiger partial charge in [-0.25, -0.2) is 4.79 Å².